The maximum Gasteiger partial charge on any atom is 0.414 e. The average Bonchev–Trinajstić information content (AvgIpc) is 2.70. The van der Waals surface area contributed by atoms with Crippen molar-refractivity contribution in [2.75, 3.05) is 18.0 Å². The van der Waals surface area contributed by atoms with Crippen molar-refractivity contribution < 1.29 is 26.7 Å². The van der Waals surface area contributed by atoms with Crippen LogP contribution in [0.3, 0.4) is 0 Å². The molecule has 2 aliphatic heterocycles. The molecule has 1 saturated heterocycles. The molecule has 0 bridgehead atoms. The minimum absolute atomic E-state index is 0.0819. The average molecular weight is 487 g/mol. The van der Waals surface area contributed by atoms with Crippen LogP contribution < -0.4 is 4.90 Å². The molecule has 0 N–H and O–H groups in total. The van der Waals surface area contributed by atoms with Crippen LogP contribution in [-0.4, -0.2) is 37.9 Å². The lowest BCUT2D eigenvalue weighted by Gasteiger charge is -2.39. The Morgan fingerprint density at radius 2 is 1.79 bits per heavy atom. The molecule has 2 aromatic rings. The van der Waals surface area contributed by atoms with Crippen molar-refractivity contribution in [1.82, 2.24) is 4.31 Å². The van der Waals surface area contributed by atoms with E-state index in [1.807, 2.05) is 18.2 Å². The fraction of sp³-hybridized carbons (Fsp3) is 0.316. The second kappa shape index (κ2) is 7.66. The molecule has 0 aromatic heterocycles. The van der Waals surface area contributed by atoms with Crippen molar-refractivity contribution in [2.45, 2.75) is 30.4 Å². The van der Waals surface area contributed by atoms with Crippen molar-refractivity contribution in [3.05, 3.63) is 58.1 Å². The Morgan fingerprint density at radius 3 is 2.52 bits per heavy atom. The van der Waals surface area contributed by atoms with Gasteiger partial charge >= 0.3 is 6.09 Å². The smallest absolute Gasteiger partial charge is 0.414 e. The predicted molar refractivity (Wildman–Crippen MR) is 105 cm³/mol. The number of piperidine rings is 1. The number of fused-ring (bicyclic) bond motifs is 1. The van der Waals surface area contributed by atoms with E-state index < -0.39 is 32.6 Å². The van der Waals surface area contributed by atoms with Gasteiger partial charge in [0.1, 0.15) is 23.1 Å². The van der Waals surface area contributed by atoms with Gasteiger partial charge in [0.2, 0.25) is 10.0 Å². The van der Waals surface area contributed by atoms with Crippen LogP contribution in [-0.2, 0) is 21.4 Å². The fourth-order valence-corrected chi connectivity index (χ4v) is 5.67. The van der Waals surface area contributed by atoms with Crippen molar-refractivity contribution in [2.24, 2.45) is 0 Å². The molecule has 0 unspecified atom stereocenters. The molecule has 1 fully saturated rings. The number of benzene rings is 2. The van der Waals surface area contributed by atoms with E-state index in [4.69, 9.17) is 4.74 Å². The maximum absolute atomic E-state index is 14.0. The minimum atomic E-state index is -4.17. The standard InChI is InChI=1S/C19H17BrF2N2O4S/c20-13-1-4-17-12(9-13)11-28-19(25)24(17)15-5-7-23(8-6-15)29(26,27)18-10-14(21)2-3-16(18)22/h1-4,9-10,15H,5-8,11H2. The van der Waals surface area contributed by atoms with Gasteiger partial charge in [0.25, 0.3) is 0 Å². The molecule has 154 valence electrons. The van der Waals surface area contributed by atoms with Crippen molar-refractivity contribution in [3.8, 4) is 0 Å². The number of carbonyl (C=O) groups excluding carboxylic acids is 1. The Kier molecular flexibility index (Phi) is 5.34. The molecule has 10 heteroatoms. The van der Waals surface area contributed by atoms with Crippen molar-refractivity contribution >= 4 is 37.7 Å². The van der Waals surface area contributed by atoms with Gasteiger partial charge in [-0.3, -0.25) is 4.90 Å². The highest BCUT2D eigenvalue weighted by molar-refractivity contribution is 9.10. The Bertz CT molecular complexity index is 1070. The van der Waals surface area contributed by atoms with Gasteiger partial charge in [-0.05, 0) is 49.2 Å². The van der Waals surface area contributed by atoms with E-state index in [2.05, 4.69) is 15.9 Å². The first kappa shape index (κ1) is 20.2. The molecule has 0 saturated carbocycles. The maximum atomic E-state index is 14.0. The number of hydrogen-bond donors (Lipinski definition) is 0. The Balaban J connectivity index is 1.54. The number of amides is 1. The number of hydrogen-bond acceptors (Lipinski definition) is 4. The fourth-order valence-electron chi connectivity index (χ4n) is 3.71. The van der Waals surface area contributed by atoms with E-state index in [-0.39, 0.29) is 25.7 Å². The molecule has 0 aliphatic carbocycles. The summed E-state index contributed by atoms with van der Waals surface area (Å²) in [6, 6.07) is 7.63. The van der Waals surface area contributed by atoms with E-state index >= 15 is 0 Å². The molecule has 29 heavy (non-hydrogen) atoms. The van der Waals surface area contributed by atoms with Gasteiger partial charge in [-0.25, -0.2) is 22.0 Å². The zero-order valence-electron chi connectivity index (χ0n) is 15.1. The summed E-state index contributed by atoms with van der Waals surface area (Å²) in [5.74, 6) is -1.81. The molecule has 0 atom stereocenters. The minimum Gasteiger partial charge on any atom is -0.444 e. The van der Waals surface area contributed by atoms with Crippen molar-refractivity contribution in [1.29, 1.82) is 0 Å². The van der Waals surface area contributed by atoms with Crippen LogP contribution in [0, 0.1) is 11.6 Å². The largest absolute Gasteiger partial charge is 0.444 e. The number of anilines is 1. The van der Waals surface area contributed by atoms with Crippen molar-refractivity contribution in [3.63, 3.8) is 0 Å². The second-order valence-electron chi connectivity index (χ2n) is 6.91. The van der Waals surface area contributed by atoms with Gasteiger partial charge in [-0.2, -0.15) is 4.31 Å². The van der Waals surface area contributed by atoms with E-state index in [0.717, 1.165) is 32.2 Å². The molecule has 6 nitrogen and oxygen atoms in total. The van der Waals surface area contributed by atoms with Crippen LogP contribution >= 0.6 is 15.9 Å². The summed E-state index contributed by atoms with van der Waals surface area (Å²) < 4.78 is 60.2. The van der Waals surface area contributed by atoms with Crippen LogP contribution in [0.5, 0.6) is 0 Å². The van der Waals surface area contributed by atoms with Crippen LogP contribution in [0.2, 0.25) is 0 Å². The molecular formula is C19H17BrF2N2O4S. The quantitative estimate of drug-likeness (QED) is 0.656. The van der Waals surface area contributed by atoms with Crippen LogP contribution in [0.25, 0.3) is 0 Å². The van der Waals surface area contributed by atoms with Crippen LogP contribution in [0.15, 0.2) is 45.8 Å². The predicted octanol–water partition coefficient (Wildman–Crippen LogP) is 4.04. The summed E-state index contributed by atoms with van der Waals surface area (Å²) in [6.07, 6.45) is 0.221. The van der Waals surface area contributed by atoms with Crippen LogP contribution in [0.4, 0.5) is 19.3 Å². The summed E-state index contributed by atoms with van der Waals surface area (Å²) in [5, 5.41) is 0. The topological polar surface area (TPSA) is 66.9 Å². The number of halogens is 3. The Morgan fingerprint density at radius 1 is 1.07 bits per heavy atom. The first-order chi connectivity index (χ1) is 13.8. The van der Waals surface area contributed by atoms with Gasteiger partial charge in [-0.1, -0.05) is 15.9 Å². The zero-order valence-corrected chi connectivity index (χ0v) is 17.5. The first-order valence-corrected chi connectivity index (χ1v) is 11.2. The first-order valence-electron chi connectivity index (χ1n) is 8.97. The third kappa shape index (κ3) is 3.76. The number of rotatable bonds is 3. The summed E-state index contributed by atoms with van der Waals surface area (Å²) in [6.45, 7) is 0.341. The third-order valence-corrected chi connectivity index (χ3v) is 7.56. The van der Waals surface area contributed by atoms with E-state index in [1.165, 1.54) is 0 Å². The molecular weight excluding hydrogens is 470 g/mol. The van der Waals surface area contributed by atoms with Crippen LogP contribution in [0.1, 0.15) is 18.4 Å². The second-order valence-corrected chi connectivity index (χ2v) is 9.73. The lowest BCUT2D eigenvalue weighted by molar-refractivity contribution is 0.135. The molecule has 0 radical (unpaired) electrons. The molecule has 0 spiro atoms. The van der Waals surface area contributed by atoms with Gasteiger partial charge in [0, 0.05) is 29.2 Å². The van der Waals surface area contributed by atoms with Gasteiger partial charge in [0.15, 0.2) is 0 Å². The number of ether oxygens (including phenoxy) is 1. The zero-order chi connectivity index (χ0) is 20.8. The van der Waals surface area contributed by atoms with Gasteiger partial charge in [-0.15, -0.1) is 0 Å². The van der Waals surface area contributed by atoms with E-state index in [1.54, 1.807) is 4.90 Å². The lowest BCUT2D eigenvalue weighted by Crippen LogP contribution is -2.50. The monoisotopic (exact) mass is 486 g/mol. The lowest BCUT2D eigenvalue weighted by atomic mass is 10.0. The summed E-state index contributed by atoms with van der Waals surface area (Å²) >= 11 is 3.39. The SMILES string of the molecule is O=C1OCc2cc(Br)ccc2N1C1CCN(S(=O)(=O)c2cc(F)ccc2F)CC1. The highest BCUT2D eigenvalue weighted by Gasteiger charge is 2.37. The molecule has 2 heterocycles. The number of cyclic esters (lactones) is 1. The summed E-state index contributed by atoms with van der Waals surface area (Å²) in [5.41, 5.74) is 1.60. The number of carbonyl (C=O) groups is 1. The molecule has 2 aromatic carbocycles. The molecule has 1 amide bonds. The summed E-state index contributed by atoms with van der Waals surface area (Å²) in [7, 11) is -4.17. The highest BCUT2D eigenvalue weighted by Crippen LogP contribution is 2.34. The normalized spacial score (nSPS) is 18.4. The third-order valence-electron chi connectivity index (χ3n) is 5.15. The Labute approximate surface area is 175 Å². The van der Waals surface area contributed by atoms with E-state index in [9.17, 15) is 22.0 Å². The van der Waals surface area contributed by atoms with Gasteiger partial charge in [0.05, 0.1) is 5.69 Å². The molecule has 2 aliphatic rings. The molecule has 4 rings (SSSR count). The number of nitrogens with zero attached hydrogens (tertiary/aromatic N) is 2. The van der Waals surface area contributed by atoms with E-state index in [0.29, 0.717) is 18.9 Å². The number of sulfonamides is 1. The Hall–Kier alpha value is -2.04. The summed E-state index contributed by atoms with van der Waals surface area (Å²) in [4.78, 5) is 13.3. The van der Waals surface area contributed by atoms with Gasteiger partial charge < -0.3 is 4.74 Å². The highest BCUT2D eigenvalue weighted by atomic mass is 79.9.